The Labute approximate surface area is 67.7 Å². The lowest BCUT2D eigenvalue weighted by Crippen LogP contribution is -2.33. The van der Waals surface area contributed by atoms with E-state index in [0.717, 1.165) is 19.5 Å². The van der Waals surface area contributed by atoms with E-state index in [1.807, 2.05) is 7.05 Å². The van der Waals surface area contributed by atoms with Gasteiger partial charge >= 0.3 is 0 Å². The summed E-state index contributed by atoms with van der Waals surface area (Å²) in [6.07, 6.45) is 1.59. The summed E-state index contributed by atoms with van der Waals surface area (Å²) in [5.74, 6) is 4.81. The normalized spacial score (nSPS) is 10.2. The van der Waals surface area contributed by atoms with Crippen LogP contribution in [-0.2, 0) is 4.79 Å². The van der Waals surface area contributed by atoms with Gasteiger partial charge in [-0.05, 0) is 20.0 Å². The van der Waals surface area contributed by atoms with E-state index in [9.17, 15) is 4.79 Å². The number of hydrazine groups is 1. The molecule has 3 N–H and O–H groups in total. The van der Waals surface area contributed by atoms with Gasteiger partial charge in [-0.25, -0.2) is 5.84 Å². The van der Waals surface area contributed by atoms with Gasteiger partial charge in [0.2, 0.25) is 5.91 Å². The van der Waals surface area contributed by atoms with E-state index in [1.165, 1.54) is 0 Å². The van der Waals surface area contributed by atoms with Crippen molar-refractivity contribution in [3.8, 4) is 0 Å². The molecule has 0 aliphatic heterocycles. The molecule has 0 rings (SSSR count). The molecule has 0 spiro atoms. The van der Waals surface area contributed by atoms with Gasteiger partial charge in [-0.3, -0.25) is 10.2 Å². The zero-order valence-electron chi connectivity index (χ0n) is 7.26. The van der Waals surface area contributed by atoms with E-state index in [2.05, 4.69) is 17.2 Å². The Kier molecular flexibility index (Phi) is 5.78. The highest BCUT2D eigenvalue weighted by Crippen LogP contribution is 1.88. The minimum Gasteiger partial charge on any atom is -0.306 e. The summed E-state index contributed by atoms with van der Waals surface area (Å²) in [6.45, 7) is 3.91. The first-order valence-electron chi connectivity index (χ1n) is 3.88. The molecule has 0 bridgehead atoms. The van der Waals surface area contributed by atoms with Crippen molar-refractivity contribution < 1.29 is 4.79 Å². The van der Waals surface area contributed by atoms with E-state index in [0.29, 0.717) is 6.42 Å². The second-order valence-corrected chi connectivity index (χ2v) is 2.62. The average Bonchev–Trinajstić information content (AvgIpc) is 2.01. The molecule has 0 heterocycles. The monoisotopic (exact) mass is 159 g/mol. The number of amides is 1. The van der Waals surface area contributed by atoms with Gasteiger partial charge in [0.25, 0.3) is 0 Å². The maximum atomic E-state index is 10.7. The third-order valence-electron chi connectivity index (χ3n) is 1.49. The second kappa shape index (κ2) is 6.12. The van der Waals surface area contributed by atoms with E-state index in [1.54, 1.807) is 0 Å². The fraction of sp³-hybridized carbons (Fsp3) is 0.857. The first-order valence-corrected chi connectivity index (χ1v) is 3.88. The Balaban J connectivity index is 3.29. The van der Waals surface area contributed by atoms with E-state index >= 15 is 0 Å². The van der Waals surface area contributed by atoms with Gasteiger partial charge < -0.3 is 4.90 Å². The summed E-state index contributed by atoms with van der Waals surface area (Å²) in [6, 6.07) is 0. The van der Waals surface area contributed by atoms with Crippen LogP contribution >= 0.6 is 0 Å². The Morgan fingerprint density at radius 2 is 2.18 bits per heavy atom. The molecule has 0 saturated heterocycles. The van der Waals surface area contributed by atoms with Crippen molar-refractivity contribution in [2.24, 2.45) is 5.84 Å². The van der Waals surface area contributed by atoms with Crippen LogP contribution in [0.3, 0.4) is 0 Å². The van der Waals surface area contributed by atoms with Crippen molar-refractivity contribution >= 4 is 5.91 Å². The third-order valence-corrected chi connectivity index (χ3v) is 1.49. The lowest BCUT2D eigenvalue weighted by molar-refractivity contribution is -0.121. The summed E-state index contributed by atoms with van der Waals surface area (Å²) in [5.41, 5.74) is 2.10. The molecule has 0 unspecified atom stereocenters. The highest BCUT2D eigenvalue weighted by atomic mass is 16.2. The molecule has 0 aliphatic carbocycles. The minimum absolute atomic E-state index is 0.104. The highest BCUT2D eigenvalue weighted by Gasteiger charge is 2.00. The zero-order chi connectivity index (χ0) is 8.69. The van der Waals surface area contributed by atoms with Gasteiger partial charge in [0.15, 0.2) is 0 Å². The lowest BCUT2D eigenvalue weighted by Gasteiger charge is -2.13. The Hall–Kier alpha value is -0.610. The summed E-state index contributed by atoms with van der Waals surface area (Å²) in [5, 5.41) is 0. The molecule has 0 aromatic carbocycles. The van der Waals surface area contributed by atoms with Crippen molar-refractivity contribution in [3.05, 3.63) is 0 Å². The molecule has 0 aromatic heterocycles. The summed E-state index contributed by atoms with van der Waals surface area (Å²) in [7, 11) is 1.99. The predicted molar refractivity (Wildman–Crippen MR) is 44.7 cm³/mol. The van der Waals surface area contributed by atoms with Crippen LogP contribution in [0.15, 0.2) is 0 Å². The van der Waals surface area contributed by atoms with Crippen LogP contribution in [-0.4, -0.2) is 30.9 Å². The van der Waals surface area contributed by atoms with E-state index in [4.69, 9.17) is 5.84 Å². The summed E-state index contributed by atoms with van der Waals surface area (Å²) >= 11 is 0. The standard InChI is InChI=1S/C7H17N3O/c1-3-5-10(2)6-4-7(11)9-8/h3-6,8H2,1-2H3,(H,9,11). The fourth-order valence-corrected chi connectivity index (χ4v) is 0.858. The molecule has 0 radical (unpaired) electrons. The van der Waals surface area contributed by atoms with E-state index < -0.39 is 0 Å². The van der Waals surface area contributed by atoms with Crippen LogP contribution in [0.4, 0.5) is 0 Å². The molecule has 4 heteroatoms. The molecule has 0 fully saturated rings. The van der Waals surface area contributed by atoms with Crippen molar-refractivity contribution in [1.29, 1.82) is 0 Å². The number of carbonyl (C=O) groups excluding carboxylic acids is 1. The third kappa shape index (κ3) is 5.82. The number of hydrogen-bond donors (Lipinski definition) is 2. The van der Waals surface area contributed by atoms with Gasteiger partial charge in [0.1, 0.15) is 0 Å². The van der Waals surface area contributed by atoms with Gasteiger partial charge in [-0.2, -0.15) is 0 Å². The molecule has 0 atom stereocenters. The van der Waals surface area contributed by atoms with Crippen LogP contribution in [0.25, 0.3) is 0 Å². The van der Waals surface area contributed by atoms with Gasteiger partial charge in [0, 0.05) is 13.0 Å². The highest BCUT2D eigenvalue weighted by molar-refractivity contribution is 5.75. The smallest absolute Gasteiger partial charge is 0.235 e. The molecular formula is C7H17N3O. The Bertz CT molecular complexity index is 116. The largest absolute Gasteiger partial charge is 0.306 e. The van der Waals surface area contributed by atoms with Crippen LogP contribution in [0.1, 0.15) is 19.8 Å². The second-order valence-electron chi connectivity index (χ2n) is 2.62. The van der Waals surface area contributed by atoms with Crippen molar-refractivity contribution in [1.82, 2.24) is 10.3 Å². The minimum atomic E-state index is -0.104. The lowest BCUT2D eigenvalue weighted by atomic mass is 10.3. The molecule has 0 aliphatic rings. The molecular weight excluding hydrogens is 142 g/mol. The zero-order valence-corrected chi connectivity index (χ0v) is 7.26. The van der Waals surface area contributed by atoms with Crippen LogP contribution < -0.4 is 11.3 Å². The number of nitrogens with zero attached hydrogens (tertiary/aromatic N) is 1. The van der Waals surface area contributed by atoms with Gasteiger partial charge in [-0.1, -0.05) is 6.92 Å². The molecule has 4 nitrogen and oxygen atoms in total. The first-order chi connectivity index (χ1) is 5.20. The number of nitrogens with two attached hydrogens (primary N) is 1. The van der Waals surface area contributed by atoms with Crippen molar-refractivity contribution in [3.63, 3.8) is 0 Å². The first kappa shape index (κ1) is 10.4. The number of rotatable bonds is 5. The summed E-state index contributed by atoms with van der Waals surface area (Å²) in [4.78, 5) is 12.8. The Morgan fingerprint density at radius 1 is 1.55 bits per heavy atom. The van der Waals surface area contributed by atoms with Crippen LogP contribution in [0.5, 0.6) is 0 Å². The predicted octanol–water partition coefficient (Wildman–Crippen LogP) is -0.292. The average molecular weight is 159 g/mol. The Morgan fingerprint density at radius 3 is 2.64 bits per heavy atom. The van der Waals surface area contributed by atoms with Crippen LogP contribution in [0, 0.1) is 0 Å². The van der Waals surface area contributed by atoms with E-state index in [-0.39, 0.29) is 5.91 Å². The maximum Gasteiger partial charge on any atom is 0.235 e. The van der Waals surface area contributed by atoms with Gasteiger partial charge in [0.05, 0.1) is 0 Å². The number of hydrogen-bond acceptors (Lipinski definition) is 3. The maximum absolute atomic E-state index is 10.7. The molecule has 0 saturated carbocycles. The molecule has 1 amide bonds. The fourth-order valence-electron chi connectivity index (χ4n) is 0.858. The topological polar surface area (TPSA) is 58.4 Å². The number of nitrogens with one attached hydrogen (secondary N) is 1. The SMILES string of the molecule is CCCN(C)CCC(=O)NN. The van der Waals surface area contributed by atoms with Crippen molar-refractivity contribution in [2.75, 3.05) is 20.1 Å². The van der Waals surface area contributed by atoms with Crippen LogP contribution in [0.2, 0.25) is 0 Å². The van der Waals surface area contributed by atoms with Gasteiger partial charge in [-0.15, -0.1) is 0 Å². The quantitative estimate of drug-likeness (QED) is 0.329. The van der Waals surface area contributed by atoms with Crippen molar-refractivity contribution in [2.45, 2.75) is 19.8 Å². The molecule has 66 valence electrons. The number of carbonyl (C=O) groups is 1. The molecule has 11 heavy (non-hydrogen) atoms. The summed E-state index contributed by atoms with van der Waals surface area (Å²) < 4.78 is 0. The molecule has 0 aromatic rings.